The van der Waals surface area contributed by atoms with Gasteiger partial charge in [0.05, 0.1) is 0 Å². The van der Waals surface area contributed by atoms with Crippen molar-refractivity contribution >= 4 is 30.0 Å². The summed E-state index contributed by atoms with van der Waals surface area (Å²) in [4.78, 5) is 14.6. The molecule has 1 amide bonds. The first-order valence-corrected chi connectivity index (χ1v) is 9.30. The average Bonchev–Trinajstić information content (AvgIpc) is 2.65. The maximum Gasteiger partial charge on any atom is 0.436 e. The molecule has 0 bridgehead atoms. The molecule has 3 aromatic carbocycles. The lowest BCUT2D eigenvalue weighted by molar-refractivity contribution is 0.197. The van der Waals surface area contributed by atoms with Crippen molar-refractivity contribution in [1.29, 1.82) is 0 Å². The predicted octanol–water partition coefficient (Wildman–Crippen LogP) is 6.21. The fraction of sp³-hybridized carbons (Fsp3) is 0.0500. The highest BCUT2D eigenvalue weighted by molar-refractivity contribution is 8.12. The number of nitrogens with zero attached hydrogens (tertiary/aromatic N) is 1. The molecule has 3 rings (SSSR count). The van der Waals surface area contributed by atoms with Gasteiger partial charge in [0.25, 0.3) is 0 Å². The van der Waals surface area contributed by atoms with Gasteiger partial charge in [0.2, 0.25) is 0 Å². The second-order valence-electron chi connectivity index (χ2n) is 5.25. The van der Waals surface area contributed by atoms with Crippen LogP contribution in [0.15, 0.2) is 94.7 Å². The van der Waals surface area contributed by atoms with Crippen LogP contribution in [0.1, 0.15) is 5.56 Å². The highest BCUT2D eigenvalue weighted by Gasteiger charge is 2.19. The minimum atomic E-state index is -0.424. The molecule has 0 aliphatic rings. The van der Waals surface area contributed by atoms with E-state index in [4.69, 9.17) is 4.74 Å². The molecule has 0 unspecified atom stereocenters. The van der Waals surface area contributed by atoms with Crippen LogP contribution in [0.2, 0.25) is 0 Å². The number of benzene rings is 3. The van der Waals surface area contributed by atoms with Crippen molar-refractivity contribution in [3.8, 4) is 5.75 Å². The lowest BCUT2D eigenvalue weighted by Gasteiger charge is -2.19. The minimum Gasteiger partial charge on any atom is -0.409 e. The second kappa shape index (κ2) is 8.65. The van der Waals surface area contributed by atoms with Crippen molar-refractivity contribution in [3.63, 3.8) is 0 Å². The third kappa shape index (κ3) is 5.31. The summed E-state index contributed by atoms with van der Waals surface area (Å²) in [7, 11) is 0. The van der Waals surface area contributed by atoms with E-state index in [1.165, 1.54) is 23.9 Å². The minimum absolute atomic E-state index is 0.424. The summed E-state index contributed by atoms with van der Waals surface area (Å²) in [6, 6.07) is 26.9. The molecule has 0 aromatic heterocycles. The first-order chi connectivity index (χ1) is 12.2. The van der Waals surface area contributed by atoms with E-state index in [9.17, 15) is 4.79 Å². The smallest absolute Gasteiger partial charge is 0.409 e. The number of aryl methyl sites for hydroxylation is 1. The Morgan fingerprint density at radius 3 is 1.72 bits per heavy atom. The van der Waals surface area contributed by atoms with E-state index in [1.54, 1.807) is 15.8 Å². The quantitative estimate of drug-likeness (QED) is 0.501. The van der Waals surface area contributed by atoms with Gasteiger partial charge in [-0.3, -0.25) is 0 Å². The lowest BCUT2D eigenvalue weighted by atomic mass is 10.2. The normalized spacial score (nSPS) is 10.3. The van der Waals surface area contributed by atoms with Gasteiger partial charge in [0.1, 0.15) is 5.75 Å². The van der Waals surface area contributed by atoms with Crippen molar-refractivity contribution < 1.29 is 9.53 Å². The second-order valence-corrected chi connectivity index (χ2v) is 7.52. The maximum atomic E-state index is 12.7. The Kier molecular flexibility index (Phi) is 6.04. The summed E-state index contributed by atoms with van der Waals surface area (Å²) in [5, 5.41) is 0. The predicted molar refractivity (Wildman–Crippen MR) is 104 cm³/mol. The number of ether oxygens (including phenoxy) is 1. The van der Waals surface area contributed by atoms with Gasteiger partial charge < -0.3 is 4.74 Å². The largest absolute Gasteiger partial charge is 0.436 e. The Morgan fingerprint density at radius 1 is 0.760 bits per heavy atom. The van der Waals surface area contributed by atoms with Crippen LogP contribution in [0.5, 0.6) is 5.75 Å². The Balaban J connectivity index is 1.76. The van der Waals surface area contributed by atoms with Crippen LogP contribution >= 0.6 is 23.9 Å². The Bertz CT molecular complexity index is 767. The number of rotatable bonds is 5. The topological polar surface area (TPSA) is 29.5 Å². The molecule has 0 spiro atoms. The first kappa shape index (κ1) is 17.5. The van der Waals surface area contributed by atoms with Crippen molar-refractivity contribution in [2.45, 2.75) is 16.7 Å². The van der Waals surface area contributed by atoms with Crippen LogP contribution in [-0.4, -0.2) is 9.80 Å². The number of carbonyl (C=O) groups excluding carboxylic acids is 1. The van der Waals surface area contributed by atoms with E-state index in [0.29, 0.717) is 5.75 Å². The van der Waals surface area contributed by atoms with Gasteiger partial charge in [-0.25, -0.2) is 4.79 Å². The zero-order valence-electron chi connectivity index (χ0n) is 13.7. The molecule has 0 aliphatic heterocycles. The number of amides is 1. The molecule has 0 atom stereocenters. The summed E-state index contributed by atoms with van der Waals surface area (Å²) in [6.45, 7) is 1.99. The molecule has 0 heterocycles. The van der Waals surface area contributed by atoms with E-state index >= 15 is 0 Å². The first-order valence-electron chi connectivity index (χ1n) is 7.75. The fourth-order valence-electron chi connectivity index (χ4n) is 1.99. The zero-order chi connectivity index (χ0) is 17.5. The zero-order valence-corrected chi connectivity index (χ0v) is 15.3. The molecule has 3 aromatic rings. The van der Waals surface area contributed by atoms with E-state index in [0.717, 1.165) is 15.4 Å². The molecular formula is C20H17NO2S2. The highest BCUT2D eigenvalue weighted by Crippen LogP contribution is 2.34. The molecule has 0 saturated carbocycles. The van der Waals surface area contributed by atoms with E-state index in [2.05, 4.69) is 0 Å². The third-order valence-corrected chi connectivity index (χ3v) is 5.28. The van der Waals surface area contributed by atoms with Crippen LogP contribution in [-0.2, 0) is 0 Å². The Hall–Kier alpha value is -2.37. The molecule has 0 saturated heterocycles. The van der Waals surface area contributed by atoms with Gasteiger partial charge in [0, 0.05) is 33.7 Å². The monoisotopic (exact) mass is 367 g/mol. The molecule has 0 fully saturated rings. The Labute approximate surface area is 156 Å². The maximum absolute atomic E-state index is 12.7. The highest BCUT2D eigenvalue weighted by atomic mass is 32.2. The number of carbonyl (C=O) groups is 1. The lowest BCUT2D eigenvalue weighted by Crippen LogP contribution is -2.21. The van der Waals surface area contributed by atoms with Crippen molar-refractivity contribution in [3.05, 3.63) is 90.5 Å². The van der Waals surface area contributed by atoms with Crippen molar-refractivity contribution in [2.75, 3.05) is 0 Å². The summed E-state index contributed by atoms with van der Waals surface area (Å²) in [5.41, 5.74) is 1.12. The van der Waals surface area contributed by atoms with Crippen molar-refractivity contribution in [1.82, 2.24) is 3.71 Å². The Morgan fingerprint density at radius 2 is 1.24 bits per heavy atom. The van der Waals surface area contributed by atoms with Crippen LogP contribution < -0.4 is 4.74 Å². The fourth-order valence-corrected chi connectivity index (χ4v) is 3.82. The molecule has 126 valence electrons. The van der Waals surface area contributed by atoms with Gasteiger partial charge in [0.15, 0.2) is 0 Å². The third-order valence-electron chi connectivity index (χ3n) is 3.24. The average molecular weight is 367 g/mol. The summed E-state index contributed by atoms with van der Waals surface area (Å²) in [6.07, 6.45) is -0.424. The molecule has 0 radical (unpaired) electrons. The van der Waals surface area contributed by atoms with E-state index in [1.807, 2.05) is 79.7 Å². The van der Waals surface area contributed by atoms with Gasteiger partial charge in [-0.1, -0.05) is 54.1 Å². The standard InChI is InChI=1S/C20H17NO2S2/c1-16-12-14-17(15-13-16)23-20(22)21(24-18-8-4-2-5-9-18)25-19-10-6-3-7-11-19/h2-15H,1H3. The van der Waals surface area contributed by atoms with Crippen LogP contribution in [0.4, 0.5) is 4.79 Å². The number of hydrogen-bond donors (Lipinski definition) is 0. The van der Waals surface area contributed by atoms with Crippen molar-refractivity contribution in [2.24, 2.45) is 0 Å². The molecule has 0 aliphatic carbocycles. The molecule has 5 heteroatoms. The molecule has 25 heavy (non-hydrogen) atoms. The molecule has 3 nitrogen and oxygen atoms in total. The summed E-state index contributed by atoms with van der Waals surface area (Å²) < 4.78 is 7.07. The van der Waals surface area contributed by atoms with Gasteiger partial charge in [-0.15, -0.1) is 0 Å². The molecular weight excluding hydrogens is 350 g/mol. The van der Waals surface area contributed by atoms with E-state index < -0.39 is 6.09 Å². The van der Waals surface area contributed by atoms with Gasteiger partial charge in [-0.05, 0) is 43.3 Å². The van der Waals surface area contributed by atoms with E-state index in [-0.39, 0.29) is 0 Å². The van der Waals surface area contributed by atoms with Crippen LogP contribution in [0.25, 0.3) is 0 Å². The SMILES string of the molecule is Cc1ccc(OC(=O)N(Sc2ccccc2)Sc2ccccc2)cc1. The summed E-state index contributed by atoms with van der Waals surface area (Å²) in [5.74, 6) is 0.530. The van der Waals surface area contributed by atoms with Crippen LogP contribution in [0, 0.1) is 6.92 Å². The summed E-state index contributed by atoms with van der Waals surface area (Å²) >= 11 is 2.67. The number of hydrogen-bond acceptors (Lipinski definition) is 4. The molecule has 0 N–H and O–H groups in total. The van der Waals surface area contributed by atoms with Gasteiger partial charge >= 0.3 is 6.09 Å². The van der Waals surface area contributed by atoms with Crippen LogP contribution in [0.3, 0.4) is 0 Å². The van der Waals surface area contributed by atoms with Gasteiger partial charge in [-0.2, -0.15) is 3.71 Å².